The molecule has 0 unspecified atom stereocenters. The molecule has 0 fully saturated rings. The van der Waals surface area contributed by atoms with Crippen molar-refractivity contribution < 1.29 is 35.8 Å². The maximum absolute atomic E-state index is 9.47. The summed E-state index contributed by atoms with van der Waals surface area (Å²) in [5.41, 5.74) is 4.53. The summed E-state index contributed by atoms with van der Waals surface area (Å²) in [6, 6.07) is 0. The van der Waals surface area contributed by atoms with Crippen molar-refractivity contribution >= 4 is 5.91 Å². The Hall–Kier alpha value is 0.210. The predicted octanol–water partition coefficient (Wildman–Crippen LogP) is -3.23. The minimum absolute atomic E-state index is 0. The molecular formula is C3H6NNaO. The summed E-state index contributed by atoms with van der Waals surface area (Å²) in [4.78, 5) is 9.47. The second-order valence-electron chi connectivity index (χ2n) is 0.606. The summed E-state index contributed by atoms with van der Waals surface area (Å²) in [5, 5.41) is 0. The molecule has 0 aliphatic heterocycles. The van der Waals surface area contributed by atoms with Crippen LogP contribution in [0.2, 0.25) is 0 Å². The summed E-state index contributed by atoms with van der Waals surface area (Å²) < 4.78 is 0. The topological polar surface area (TPSA) is 43.1 Å². The van der Waals surface area contributed by atoms with Gasteiger partial charge in [-0.2, -0.15) is 0 Å². The van der Waals surface area contributed by atoms with E-state index in [1.165, 1.54) is 0 Å². The van der Waals surface area contributed by atoms with Crippen LogP contribution in [0.3, 0.4) is 0 Å². The van der Waals surface area contributed by atoms with Crippen LogP contribution in [0.15, 0.2) is 12.7 Å². The van der Waals surface area contributed by atoms with Crippen molar-refractivity contribution in [2.45, 2.75) is 0 Å². The van der Waals surface area contributed by atoms with Gasteiger partial charge in [0.2, 0.25) is 5.91 Å². The molecule has 0 saturated carbocycles. The quantitative estimate of drug-likeness (QED) is 0.270. The first kappa shape index (κ1) is 9.51. The van der Waals surface area contributed by atoms with Crippen LogP contribution < -0.4 is 35.3 Å². The average molecular weight is 95.1 g/mol. The van der Waals surface area contributed by atoms with Crippen LogP contribution in [-0.2, 0) is 4.79 Å². The molecule has 2 N–H and O–H groups in total. The number of nitrogens with two attached hydrogens (primary N) is 1. The molecule has 0 radical (unpaired) electrons. The first-order valence-electron chi connectivity index (χ1n) is 1.19. The first-order chi connectivity index (χ1) is 2.27. The van der Waals surface area contributed by atoms with E-state index in [9.17, 15) is 4.79 Å². The fourth-order valence-electron chi connectivity index (χ4n) is 0. The second-order valence-corrected chi connectivity index (χ2v) is 0.606. The van der Waals surface area contributed by atoms with Gasteiger partial charge in [-0.1, -0.05) is 6.58 Å². The molecule has 0 aromatic heterocycles. The van der Waals surface area contributed by atoms with Gasteiger partial charge < -0.3 is 7.16 Å². The zero-order valence-corrected chi connectivity index (χ0v) is 5.77. The Kier molecular flexibility index (Phi) is 8.26. The molecule has 0 saturated heterocycles. The van der Waals surface area contributed by atoms with E-state index in [1.807, 2.05) is 0 Å². The number of rotatable bonds is 1. The summed E-state index contributed by atoms with van der Waals surface area (Å²) in [7, 11) is 0. The number of hydrogen-bond acceptors (Lipinski definition) is 1. The molecule has 0 aromatic rings. The van der Waals surface area contributed by atoms with Gasteiger partial charge in [-0.25, -0.2) is 0 Å². The van der Waals surface area contributed by atoms with Crippen molar-refractivity contribution in [2.75, 3.05) is 0 Å². The molecule has 0 spiro atoms. The summed E-state index contributed by atoms with van der Waals surface area (Å²) >= 11 is 0. The largest absolute Gasteiger partial charge is 1.00 e. The average Bonchev–Trinajstić information content (AvgIpc) is 1.38. The zero-order valence-electron chi connectivity index (χ0n) is 4.77. The Bertz CT molecular complexity index is 66.0. The summed E-state index contributed by atoms with van der Waals surface area (Å²) in [6.07, 6.45) is 1.06. The fourth-order valence-corrected chi connectivity index (χ4v) is 0. The number of hydrogen-bond donors (Lipinski definition) is 1. The van der Waals surface area contributed by atoms with Gasteiger partial charge >= 0.3 is 29.6 Å². The van der Waals surface area contributed by atoms with Crippen LogP contribution in [0.5, 0.6) is 0 Å². The van der Waals surface area contributed by atoms with Crippen LogP contribution >= 0.6 is 0 Å². The molecule has 3 heteroatoms. The van der Waals surface area contributed by atoms with Gasteiger partial charge in [0.05, 0.1) is 0 Å². The van der Waals surface area contributed by atoms with Crippen LogP contribution in [0, 0.1) is 0 Å². The Morgan fingerprint density at radius 1 is 2.00 bits per heavy atom. The van der Waals surface area contributed by atoms with Gasteiger partial charge in [-0.15, -0.1) is 0 Å². The van der Waals surface area contributed by atoms with Crippen LogP contribution in [0.25, 0.3) is 0 Å². The third-order valence-corrected chi connectivity index (χ3v) is 0.201. The minimum atomic E-state index is -0.481. The molecular weight excluding hydrogens is 89.0 g/mol. The van der Waals surface area contributed by atoms with Crippen molar-refractivity contribution in [3.63, 3.8) is 0 Å². The minimum Gasteiger partial charge on any atom is -1.00 e. The molecule has 0 atom stereocenters. The third kappa shape index (κ3) is 8.88. The van der Waals surface area contributed by atoms with E-state index in [0.717, 1.165) is 6.08 Å². The molecule has 6 heavy (non-hydrogen) atoms. The predicted molar refractivity (Wildman–Crippen MR) is 20.5 cm³/mol. The Labute approximate surface area is 60.2 Å². The van der Waals surface area contributed by atoms with Gasteiger partial charge in [0.1, 0.15) is 0 Å². The number of carbonyl (C=O) groups is 1. The smallest absolute Gasteiger partial charge is 1.00 e. The van der Waals surface area contributed by atoms with Crippen molar-refractivity contribution in [1.82, 2.24) is 0 Å². The maximum Gasteiger partial charge on any atom is 1.00 e. The first-order valence-corrected chi connectivity index (χ1v) is 1.19. The second kappa shape index (κ2) is 5.21. The molecule has 30 valence electrons. The number of carbonyl (C=O) groups excluding carboxylic acids is 1. The van der Waals surface area contributed by atoms with Gasteiger partial charge in [0, 0.05) is 0 Å². The maximum atomic E-state index is 9.47. The molecule has 2 nitrogen and oxygen atoms in total. The molecule has 0 aliphatic carbocycles. The van der Waals surface area contributed by atoms with Crippen molar-refractivity contribution in [3.8, 4) is 0 Å². The van der Waals surface area contributed by atoms with Crippen LogP contribution in [0.1, 0.15) is 1.43 Å². The van der Waals surface area contributed by atoms with E-state index in [0.29, 0.717) is 0 Å². The standard InChI is InChI=1S/C3H5NO.Na.H/c1-2-3(4)5;;/h2H,1H2,(H2,4,5);;/q;+1;-1. The molecule has 1 amide bonds. The Morgan fingerprint density at radius 2 is 2.17 bits per heavy atom. The summed E-state index contributed by atoms with van der Waals surface area (Å²) in [5.74, 6) is -0.481. The molecule has 0 bridgehead atoms. The van der Waals surface area contributed by atoms with E-state index in [4.69, 9.17) is 0 Å². The molecule has 0 aromatic carbocycles. The van der Waals surface area contributed by atoms with E-state index in [2.05, 4.69) is 12.3 Å². The SMILES string of the molecule is C=CC(N)=O.[H-].[Na+]. The van der Waals surface area contributed by atoms with E-state index in [1.54, 1.807) is 0 Å². The molecule has 0 heterocycles. The Morgan fingerprint density at radius 3 is 2.17 bits per heavy atom. The van der Waals surface area contributed by atoms with Crippen molar-refractivity contribution in [1.29, 1.82) is 0 Å². The monoisotopic (exact) mass is 95.0 g/mol. The van der Waals surface area contributed by atoms with Crippen LogP contribution in [-0.4, -0.2) is 5.91 Å². The van der Waals surface area contributed by atoms with Crippen molar-refractivity contribution in [2.24, 2.45) is 5.73 Å². The third-order valence-electron chi connectivity index (χ3n) is 0.201. The van der Waals surface area contributed by atoms with E-state index in [-0.39, 0.29) is 31.0 Å². The van der Waals surface area contributed by atoms with E-state index < -0.39 is 5.91 Å². The number of primary amides is 1. The van der Waals surface area contributed by atoms with Gasteiger partial charge in [-0.05, 0) is 6.08 Å². The summed E-state index contributed by atoms with van der Waals surface area (Å²) in [6.45, 7) is 3.09. The van der Waals surface area contributed by atoms with Crippen molar-refractivity contribution in [3.05, 3.63) is 12.7 Å². The van der Waals surface area contributed by atoms with Crippen LogP contribution in [0.4, 0.5) is 0 Å². The zero-order chi connectivity index (χ0) is 4.28. The van der Waals surface area contributed by atoms with Gasteiger partial charge in [0.15, 0.2) is 0 Å². The number of amides is 1. The Balaban J connectivity index is -0.0000000800. The van der Waals surface area contributed by atoms with Gasteiger partial charge in [-0.3, -0.25) is 4.79 Å². The fraction of sp³-hybridized carbons (Fsp3) is 0. The molecule has 0 aliphatic rings. The van der Waals surface area contributed by atoms with E-state index >= 15 is 0 Å². The van der Waals surface area contributed by atoms with Gasteiger partial charge in [0.25, 0.3) is 0 Å². The normalized spacial score (nSPS) is 5.33. The molecule has 0 rings (SSSR count).